The molecule has 3 aromatic rings. The molecule has 0 atom stereocenters. The Balaban J connectivity index is 2.16. The second-order valence-corrected chi connectivity index (χ2v) is 7.01. The van der Waals surface area contributed by atoms with Crippen LogP contribution in [0.5, 0.6) is 0 Å². The van der Waals surface area contributed by atoms with Gasteiger partial charge in [0.1, 0.15) is 11.4 Å². The number of hydrogen-bond acceptors (Lipinski definition) is 4. The van der Waals surface area contributed by atoms with Gasteiger partial charge < -0.3 is 4.57 Å². The van der Waals surface area contributed by atoms with Crippen LogP contribution in [-0.4, -0.2) is 15.4 Å². The summed E-state index contributed by atoms with van der Waals surface area (Å²) in [6.07, 6.45) is 0.715. The zero-order chi connectivity index (χ0) is 20.3. The van der Waals surface area contributed by atoms with E-state index >= 15 is 0 Å². The molecule has 2 aromatic carbocycles. The van der Waals surface area contributed by atoms with Gasteiger partial charge in [-0.15, -0.1) is 11.3 Å². The van der Waals surface area contributed by atoms with Crippen LogP contribution in [0.4, 0.5) is 10.1 Å². The molecule has 0 spiro atoms. The van der Waals surface area contributed by atoms with Crippen molar-refractivity contribution >= 4 is 22.9 Å². The van der Waals surface area contributed by atoms with E-state index in [1.54, 1.807) is 18.2 Å². The number of hydrogen-bond donors (Lipinski definition) is 0. The van der Waals surface area contributed by atoms with Gasteiger partial charge in [-0.2, -0.15) is 4.99 Å². The highest BCUT2D eigenvalue weighted by molar-refractivity contribution is 7.09. The topological polar surface area (TPSA) is 77.5 Å². The summed E-state index contributed by atoms with van der Waals surface area (Å²) in [4.78, 5) is 28.9. The minimum Gasteiger partial charge on any atom is -0.316 e. The second kappa shape index (κ2) is 8.26. The van der Waals surface area contributed by atoms with E-state index in [0.29, 0.717) is 17.8 Å². The first-order valence-corrected chi connectivity index (χ1v) is 9.58. The molecule has 3 rings (SSSR count). The number of para-hydroxylation sites is 1. The maximum atomic E-state index is 13.3. The number of aromatic nitrogens is 1. The molecule has 1 heterocycles. The molecule has 0 aliphatic heterocycles. The number of rotatable bonds is 5. The van der Waals surface area contributed by atoms with E-state index in [2.05, 4.69) is 4.99 Å². The largest absolute Gasteiger partial charge is 0.316 e. The first kappa shape index (κ1) is 19.6. The lowest BCUT2D eigenvalue weighted by atomic mass is 10.1. The molecule has 1 aromatic heterocycles. The molecule has 28 heavy (non-hydrogen) atoms. The van der Waals surface area contributed by atoms with E-state index in [9.17, 15) is 19.3 Å². The third kappa shape index (κ3) is 3.77. The number of halogens is 1. The van der Waals surface area contributed by atoms with Crippen LogP contribution in [0.25, 0.3) is 11.3 Å². The molecule has 0 fully saturated rings. The second-order valence-electron chi connectivity index (χ2n) is 5.95. The van der Waals surface area contributed by atoms with Gasteiger partial charge in [0.15, 0.2) is 4.80 Å². The molecule has 1 amide bonds. The van der Waals surface area contributed by atoms with E-state index in [1.165, 1.54) is 41.7 Å². The molecule has 144 valence electrons. The van der Waals surface area contributed by atoms with Crippen molar-refractivity contribution in [2.24, 2.45) is 4.99 Å². The van der Waals surface area contributed by atoms with Crippen LogP contribution in [0.1, 0.15) is 29.1 Å². The highest BCUT2D eigenvalue weighted by Gasteiger charge is 2.20. The minimum absolute atomic E-state index is 0.0510. The average molecular weight is 399 g/mol. The van der Waals surface area contributed by atoms with Crippen LogP contribution in [0.15, 0.2) is 53.5 Å². The SMILES string of the molecule is CCc1sc(=NC(=O)c2ccccc2[N+](=O)[O-])n(CC)c1-c1ccc(F)cc1. The van der Waals surface area contributed by atoms with E-state index in [1.807, 2.05) is 18.4 Å². The normalized spacial score (nSPS) is 11.6. The predicted molar refractivity (Wildman–Crippen MR) is 106 cm³/mol. The maximum Gasteiger partial charge on any atom is 0.286 e. The Morgan fingerprint density at radius 1 is 1.18 bits per heavy atom. The number of benzene rings is 2. The quantitative estimate of drug-likeness (QED) is 0.465. The molecule has 0 N–H and O–H groups in total. The van der Waals surface area contributed by atoms with Crippen LogP contribution >= 0.6 is 11.3 Å². The molecule has 0 aliphatic carbocycles. The summed E-state index contributed by atoms with van der Waals surface area (Å²) in [6.45, 7) is 4.46. The van der Waals surface area contributed by atoms with Crippen LogP contribution in [0, 0.1) is 15.9 Å². The summed E-state index contributed by atoms with van der Waals surface area (Å²) in [5.41, 5.74) is 1.38. The molecule has 0 saturated carbocycles. The number of carbonyl (C=O) groups excluding carboxylic acids is 1. The number of aryl methyl sites for hydroxylation is 1. The lowest BCUT2D eigenvalue weighted by molar-refractivity contribution is -0.385. The van der Waals surface area contributed by atoms with Crippen molar-refractivity contribution in [2.75, 3.05) is 0 Å². The summed E-state index contributed by atoms with van der Waals surface area (Å²) in [7, 11) is 0. The van der Waals surface area contributed by atoms with Gasteiger partial charge in [0.25, 0.3) is 11.6 Å². The number of nitro groups is 1. The van der Waals surface area contributed by atoms with Gasteiger partial charge in [0.2, 0.25) is 0 Å². The lowest BCUT2D eigenvalue weighted by Gasteiger charge is -2.08. The van der Waals surface area contributed by atoms with Crippen LogP contribution < -0.4 is 4.80 Å². The van der Waals surface area contributed by atoms with E-state index in [0.717, 1.165) is 16.1 Å². The summed E-state index contributed by atoms with van der Waals surface area (Å²) in [5.74, 6) is -0.986. The number of thiazole rings is 1. The molecule has 0 aliphatic rings. The van der Waals surface area contributed by atoms with Crippen molar-refractivity contribution < 1.29 is 14.1 Å². The molecule has 0 radical (unpaired) electrons. The summed E-state index contributed by atoms with van der Waals surface area (Å²) < 4.78 is 15.2. The van der Waals surface area contributed by atoms with Crippen molar-refractivity contribution in [1.82, 2.24) is 4.57 Å². The molecule has 0 bridgehead atoms. The van der Waals surface area contributed by atoms with Gasteiger partial charge in [-0.25, -0.2) is 4.39 Å². The van der Waals surface area contributed by atoms with Crippen molar-refractivity contribution in [3.8, 4) is 11.3 Å². The van der Waals surface area contributed by atoms with Gasteiger partial charge in [-0.3, -0.25) is 14.9 Å². The van der Waals surface area contributed by atoms with Gasteiger partial charge in [-0.05, 0) is 49.2 Å². The maximum absolute atomic E-state index is 13.3. The van der Waals surface area contributed by atoms with Crippen molar-refractivity contribution in [3.05, 3.63) is 79.7 Å². The van der Waals surface area contributed by atoms with Gasteiger partial charge in [0, 0.05) is 17.5 Å². The van der Waals surface area contributed by atoms with E-state index in [4.69, 9.17) is 0 Å². The highest BCUT2D eigenvalue weighted by Crippen LogP contribution is 2.27. The summed E-state index contributed by atoms with van der Waals surface area (Å²) in [5, 5.41) is 11.2. The molecule has 6 nitrogen and oxygen atoms in total. The van der Waals surface area contributed by atoms with Crippen LogP contribution in [-0.2, 0) is 13.0 Å². The molecule has 0 unspecified atom stereocenters. The van der Waals surface area contributed by atoms with Crippen molar-refractivity contribution in [2.45, 2.75) is 26.8 Å². The smallest absolute Gasteiger partial charge is 0.286 e. The summed E-state index contributed by atoms with van der Waals surface area (Å²) in [6, 6.07) is 11.9. The fourth-order valence-corrected chi connectivity index (χ4v) is 4.11. The fourth-order valence-electron chi connectivity index (χ4n) is 2.96. The minimum atomic E-state index is -0.663. The Bertz CT molecular complexity index is 1100. The van der Waals surface area contributed by atoms with Crippen molar-refractivity contribution in [1.29, 1.82) is 0 Å². The third-order valence-corrected chi connectivity index (χ3v) is 5.49. The zero-order valence-corrected chi connectivity index (χ0v) is 16.2. The molecular weight excluding hydrogens is 381 g/mol. The van der Waals surface area contributed by atoms with Crippen LogP contribution in [0.2, 0.25) is 0 Å². The van der Waals surface area contributed by atoms with E-state index in [-0.39, 0.29) is 17.1 Å². The first-order chi connectivity index (χ1) is 13.5. The standard InChI is InChI=1S/C20H18FN3O3S/c1-3-17-18(13-9-11-14(21)12-10-13)23(4-2)20(28-17)22-19(25)15-7-5-6-8-16(15)24(26)27/h5-12H,3-4H2,1-2H3. The summed E-state index contributed by atoms with van der Waals surface area (Å²) >= 11 is 1.36. The third-order valence-electron chi connectivity index (χ3n) is 4.26. The molecule has 8 heteroatoms. The Kier molecular flexibility index (Phi) is 5.79. The Morgan fingerprint density at radius 3 is 2.46 bits per heavy atom. The molecule has 0 saturated heterocycles. The Morgan fingerprint density at radius 2 is 1.86 bits per heavy atom. The fraction of sp³-hybridized carbons (Fsp3) is 0.200. The number of nitro benzene ring substituents is 1. The first-order valence-electron chi connectivity index (χ1n) is 8.77. The van der Waals surface area contributed by atoms with Gasteiger partial charge in [0.05, 0.1) is 10.6 Å². The zero-order valence-electron chi connectivity index (χ0n) is 15.4. The van der Waals surface area contributed by atoms with Gasteiger partial charge in [-0.1, -0.05) is 19.1 Å². The van der Waals surface area contributed by atoms with E-state index < -0.39 is 10.8 Å². The van der Waals surface area contributed by atoms with Crippen molar-refractivity contribution in [3.63, 3.8) is 0 Å². The van der Waals surface area contributed by atoms with Gasteiger partial charge >= 0.3 is 0 Å². The Labute approximate surface area is 164 Å². The lowest BCUT2D eigenvalue weighted by Crippen LogP contribution is -2.17. The molecular formula is C20H18FN3O3S. The van der Waals surface area contributed by atoms with Crippen LogP contribution in [0.3, 0.4) is 0 Å². The number of amides is 1. The highest BCUT2D eigenvalue weighted by atomic mass is 32.1. The number of nitrogens with zero attached hydrogens (tertiary/aromatic N) is 3. The Hall–Kier alpha value is -3.13. The average Bonchev–Trinajstić information content (AvgIpc) is 3.05. The monoisotopic (exact) mass is 399 g/mol. The predicted octanol–water partition coefficient (Wildman–Crippen LogP) is 4.59. The number of carbonyl (C=O) groups is 1.